The Balaban J connectivity index is 2.22. The summed E-state index contributed by atoms with van der Waals surface area (Å²) >= 11 is 0. The van der Waals surface area contributed by atoms with Crippen LogP contribution in [0.15, 0.2) is 23.8 Å². The molecule has 0 saturated carbocycles. The van der Waals surface area contributed by atoms with Gasteiger partial charge < -0.3 is 4.74 Å². The van der Waals surface area contributed by atoms with Crippen molar-refractivity contribution in [1.82, 2.24) is 0 Å². The maximum absolute atomic E-state index is 13.5. The zero-order valence-electron chi connectivity index (χ0n) is 11.2. The van der Waals surface area contributed by atoms with Crippen LogP contribution in [0.2, 0.25) is 0 Å². The molecular weight excluding hydrogens is 243 g/mol. The Morgan fingerprint density at radius 3 is 2.95 bits per heavy atom. The van der Waals surface area contributed by atoms with E-state index in [0.29, 0.717) is 11.8 Å². The van der Waals surface area contributed by atoms with Crippen molar-refractivity contribution in [3.05, 3.63) is 40.7 Å². The maximum Gasteiger partial charge on any atom is 0.334 e. The number of benzene rings is 1. The van der Waals surface area contributed by atoms with Crippen LogP contribution < -0.4 is 0 Å². The molecule has 0 spiro atoms. The SMILES string of the molecule is COC(=O)C1=C2c3cc(F)ccc3[C@@H](C)[C@@H]2CCC1. The molecule has 1 aromatic rings. The van der Waals surface area contributed by atoms with E-state index in [2.05, 4.69) is 6.92 Å². The Hall–Kier alpha value is -1.64. The Morgan fingerprint density at radius 2 is 2.21 bits per heavy atom. The van der Waals surface area contributed by atoms with Crippen molar-refractivity contribution in [2.24, 2.45) is 5.92 Å². The Bertz CT molecular complexity index is 574. The van der Waals surface area contributed by atoms with Gasteiger partial charge in [-0.15, -0.1) is 0 Å². The summed E-state index contributed by atoms with van der Waals surface area (Å²) in [5.74, 6) is 0.183. The second-order valence-corrected chi connectivity index (χ2v) is 5.40. The summed E-state index contributed by atoms with van der Waals surface area (Å²) in [5.41, 5.74) is 3.84. The normalized spacial score (nSPS) is 25.0. The third-order valence-corrected chi connectivity index (χ3v) is 4.47. The standard InChI is InChI=1S/C16H17FO2/c1-9-11-7-6-10(17)8-14(11)15-12(9)4-3-5-13(15)16(18)19-2/h6-9,12H,3-5H2,1-2H3/t9-,12+/m1/s1. The molecule has 0 fully saturated rings. The largest absolute Gasteiger partial charge is 0.466 e. The molecule has 1 aromatic carbocycles. The predicted molar refractivity (Wildman–Crippen MR) is 71.1 cm³/mol. The lowest BCUT2D eigenvalue weighted by atomic mass is 9.80. The second kappa shape index (κ2) is 4.48. The van der Waals surface area contributed by atoms with Crippen molar-refractivity contribution in [3.8, 4) is 0 Å². The summed E-state index contributed by atoms with van der Waals surface area (Å²) in [6, 6.07) is 4.93. The molecule has 2 aliphatic rings. The van der Waals surface area contributed by atoms with Crippen LogP contribution in [-0.2, 0) is 9.53 Å². The van der Waals surface area contributed by atoms with Crippen molar-refractivity contribution in [3.63, 3.8) is 0 Å². The molecule has 2 nitrogen and oxygen atoms in total. The number of rotatable bonds is 1. The lowest BCUT2D eigenvalue weighted by molar-refractivity contribution is -0.136. The molecule has 2 atom stereocenters. The van der Waals surface area contributed by atoms with E-state index in [1.165, 1.54) is 13.2 Å². The molecule has 0 N–H and O–H groups in total. The van der Waals surface area contributed by atoms with Gasteiger partial charge in [-0.05, 0) is 59.9 Å². The van der Waals surface area contributed by atoms with Crippen LogP contribution in [0.5, 0.6) is 0 Å². The van der Waals surface area contributed by atoms with Crippen molar-refractivity contribution in [2.45, 2.75) is 32.1 Å². The summed E-state index contributed by atoms with van der Waals surface area (Å²) in [6.07, 6.45) is 2.80. The first-order valence-electron chi connectivity index (χ1n) is 6.74. The number of fused-ring (bicyclic) bond motifs is 3. The van der Waals surface area contributed by atoms with Crippen LogP contribution >= 0.6 is 0 Å². The van der Waals surface area contributed by atoms with Gasteiger partial charge in [-0.1, -0.05) is 13.0 Å². The lowest BCUT2D eigenvalue weighted by Crippen LogP contribution is -2.16. The van der Waals surface area contributed by atoms with Crippen molar-refractivity contribution in [2.75, 3.05) is 7.11 Å². The van der Waals surface area contributed by atoms with Gasteiger partial charge in [-0.3, -0.25) is 0 Å². The number of hydrogen-bond donors (Lipinski definition) is 0. The number of methoxy groups -OCH3 is 1. The fraction of sp³-hybridized carbons (Fsp3) is 0.438. The molecule has 2 aliphatic carbocycles. The van der Waals surface area contributed by atoms with Crippen LogP contribution in [0.1, 0.15) is 43.2 Å². The van der Waals surface area contributed by atoms with Gasteiger partial charge in [-0.2, -0.15) is 0 Å². The molecule has 0 aromatic heterocycles. The number of carbonyl (C=O) groups is 1. The Labute approximate surface area is 112 Å². The van der Waals surface area contributed by atoms with Gasteiger partial charge in [0.2, 0.25) is 0 Å². The number of esters is 1. The van der Waals surface area contributed by atoms with E-state index in [9.17, 15) is 9.18 Å². The molecule has 3 rings (SSSR count). The van der Waals surface area contributed by atoms with E-state index in [1.54, 1.807) is 6.07 Å². The van der Waals surface area contributed by atoms with Gasteiger partial charge in [0.15, 0.2) is 0 Å². The smallest absolute Gasteiger partial charge is 0.334 e. The number of ether oxygens (including phenoxy) is 1. The van der Waals surface area contributed by atoms with Crippen molar-refractivity contribution < 1.29 is 13.9 Å². The number of allylic oxidation sites excluding steroid dienone is 1. The van der Waals surface area contributed by atoms with Gasteiger partial charge in [-0.25, -0.2) is 9.18 Å². The van der Waals surface area contributed by atoms with Gasteiger partial charge in [0.05, 0.1) is 7.11 Å². The Morgan fingerprint density at radius 1 is 1.42 bits per heavy atom. The average Bonchev–Trinajstić information content (AvgIpc) is 2.71. The molecule has 0 heterocycles. The second-order valence-electron chi connectivity index (χ2n) is 5.40. The molecule has 19 heavy (non-hydrogen) atoms. The fourth-order valence-electron chi connectivity index (χ4n) is 3.57. The topological polar surface area (TPSA) is 26.3 Å². The predicted octanol–water partition coefficient (Wildman–Crippen LogP) is 3.67. The molecule has 100 valence electrons. The number of carbonyl (C=O) groups excluding carboxylic acids is 1. The molecule has 3 heteroatoms. The van der Waals surface area contributed by atoms with E-state index in [1.807, 2.05) is 6.07 Å². The first-order chi connectivity index (χ1) is 9.13. The molecular formula is C16H17FO2. The van der Waals surface area contributed by atoms with E-state index in [4.69, 9.17) is 4.74 Å². The number of halogens is 1. The minimum Gasteiger partial charge on any atom is -0.466 e. The van der Waals surface area contributed by atoms with Crippen LogP contribution in [0.3, 0.4) is 0 Å². The molecule has 0 amide bonds. The third-order valence-electron chi connectivity index (χ3n) is 4.47. The minimum absolute atomic E-state index is 0.242. The highest BCUT2D eigenvalue weighted by molar-refractivity contribution is 6.00. The summed E-state index contributed by atoms with van der Waals surface area (Å²) in [4.78, 5) is 11.9. The maximum atomic E-state index is 13.5. The summed E-state index contributed by atoms with van der Waals surface area (Å²) < 4.78 is 18.4. The number of hydrogen-bond acceptors (Lipinski definition) is 2. The highest BCUT2D eigenvalue weighted by Crippen LogP contribution is 2.52. The van der Waals surface area contributed by atoms with Crippen molar-refractivity contribution >= 4 is 11.5 Å². The van der Waals surface area contributed by atoms with Crippen LogP contribution in [-0.4, -0.2) is 13.1 Å². The van der Waals surface area contributed by atoms with E-state index < -0.39 is 0 Å². The van der Waals surface area contributed by atoms with Crippen LogP contribution in [0, 0.1) is 11.7 Å². The molecule has 0 bridgehead atoms. The Kier molecular flexibility index (Phi) is 2.92. The first kappa shape index (κ1) is 12.4. The van der Waals surface area contributed by atoms with Crippen molar-refractivity contribution in [1.29, 1.82) is 0 Å². The lowest BCUT2D eigenvalue weighted by Gasteiger charge is -2.25. The summed E-state index contributed by atoms with van der Waals surface area (Å²) in [7, 11) is 1.41. The van der Waals surface area contributed by atoms with Crippen LogP contribution in [0.25, 0.3) is 5.57 Å². The van der Waals surface area contributed by atoms with Gasteiger partial charge >= 0.3 is 5.97 Å². The highest BCUT2D eigenvalue weighted by atomic mass is 19.1. The molecule has 0 radical (unpaired) electrons. The van der Waals surface area contributed by atoms with Gasteiger partial charge in [0.25, 0.3) is 0 Å². The van der Waals surface area contributed by atoms with Gasteiger partial charge in [0.1, 0.15) is 5.82 Å². The average molecular weight is 260 g/mol. The minimum atomic E-state index is -0.260. The first-order valence-corrected chi connectivity index (χ1v) is 6.74. The summed E-state index contributed by atoms with van der Waals surface area (Å²) in [5, 5.41) is 0. The fourth-order valence-corrected chi connectivity index (χ4v) is 3.57. The quantitative estimate of drug-likeness (QED) is 0.720. The zero-order valence-corrected chi connectivity index (χ0v) is 11.2. The molecule has 0 unspecified atom stereocenters. The van der Waals surface area contributed by atoms with Gasteiger partial charge in [0, 0.05) is 5.57 Å². The van der Waals surface area contributed by atoms with E-state index in [0.717, 1.165) is 41.5 Å². The summed E-state index contributed by atoms with van der Waals surface area (Å²) in [6.45, 7) is 2.16. The van der Waals surface area contributed by atoms with E-state index in [-0.39, 0.29) is 11.8 Å². The van der Waals surface area contributed by atoms with Crippen LogP contribution in [0.4, 0.5) is 4.39 Å². The molecule has 0 aliphatic heterocycles. The van der Waals surface area contributed by atoms with E-state index >= 15 is 0 Å². The molecule has 0 saturated heterocycles. The monoisotopic (exact) mass is 260 g/mol. The zero-order chi connectivity index (χ0) is 13.6. The highest BCUT2D eigenvalue weighted by Gasteiger charge is 2.39. The third kappa shape index (κ3) is 1.79.